The Kier molecular flexibility index (Phi) is 44.5. The number of carbonyl (C=O) groups is 7. The number of methoxy groups -OCH3 is 2. The molecule has 0 amide bonds. The maximum Gasteiger partial charge on any atom is 0.343 e. The summed E-state index contributed by atoms with van der Waals surface area (Å²) >= 11 is 0. The van der Waals surface area contributed by atoms with E-state index in [1.807, 2.05) is 56.3 Å². The largest absolute Gasteiger partial charge is 0.464 e. The Labute approximate surface area is 535 Å². The number of hydrogen-bond donors (Lipinski definition) is 0. The van der Waals surface area contributed by atoms with Gasteiger partial charge in [-0.15, -0.1) is 0 Å². The molecule has 7 unspecified atom stereocenters. The Hall–Kier alpha value is -6.86. The van der Waals surface area contributed by atoms with Crippen LogP contribution in [0, 0.1) is 11.3 Å². The maximum atomic E-state index is 11.5. The van der Waals surface area contributed by atoms with Crippen LogP contribution in [0.25, 0.3) is 0 Å². The average Bonchev–Trinajstić information content (AvgIpc) is 4.37. The first-order valence-electron chi connectivity index (χ1n) is 28.8. The van der Waals surface area contributed by atoms with Crippen molar-refractivity contribution in [1.82, 2.24) is 0 Å². The van der Waals surface area contributed by atoms with E-state index in [1.165, 1.54) is 0 Å². The molecule has 522 valence electrons. The first-order chi connectivity index (χ1) is 45.1. The zero-order valence-electron chi connectivity index (χ0n) is 52.0. The predicted octanol–water partition coefficient (Wildman–Crippen LogP) is 2.38. The first kappa shape index (κ1) is 80.4. The lowest BCUT2D eigenvalue weighted by molar-refractivity contribution is -0.156. The zero-order valence-corrected chi connectivity index (χ0v) is 52.0. The van der Waals surface area contributed by atoms with Crippen molar-refractivity contribution >= 4 is 41.8 Å². The molecule has 32 nitrogen and oxygen atoms in total. The molecule has 0 saturated carbocycles. The van der Waals surface area contributed by atoms with E-state index in [4.69, 9.17) is 114 Å². The Morgan fingerprint density at radius 1 is 0.462 bits per heavy atom. The van der Waals surface area contributed by atoms with E-state index in [0.717, 1.165) is 5.56 Å². The van der Waals surface area contributed by atoms with E-state index in [9.17, 15) is 42.3 Å². The van der Waals surface area contributed by atoms with Crippen LogP contribution in [0.1, 0.15) is 32.3 Å². The standard InChI is InChI=1S/C11H12O4.C10H10O4.C9H16O5.C8H14O5.C7H8F2O4.C7H9NO4.C7H12O5/c12-11(10-7-13-8-15-10)14-6-9-4-2-1-3-5-9;11-10(9-6-12-7-13-9)14-8-4-2-1-3-5-8;1-7(2)12-3-4-13-9(10)8-5-11-6-14-8;1-10-3-2-4-12-8(9)7-5-11-6-13-7;8-6(9)1-2-12-7(10)5-3-11-4-13-5;8-2-1-3-11-7(9)6-4-10-5-12-6;1-9-2-3-11-7(8)6-4-10-5-12-6/h1-5,10H,6-8H2;1-5,9H,6-7H2;7-8H,3-6H2,1-2H3;7H,2-6H2,1H3;1,5H,2-4H2;6H,1,3-5H2;6H,2-5H2,1H3. The fraction of sp³-hybridized carbons (Fsp3) is 0.627. The number of benzene rings is 2. The lowest BCUT2D eigenvalue weighted by Gasteiger charge is -2.10. The summed E-state index contributed by atoms with van der Waals surface area (Å²) in [4.78, 5) is 78.1. The lowest BCUT2D eigenvalue weighted by Crippen LogP contribution is -2.27. The van der Waals surface area contributed by atoms with Crippen LogP contribution in [0.5, 0.6) is 5.75 Å². The summed E-state index contributed by atoms with van der Waals surface area (Å²) in [6, 6.07) is 20.3. The highest BCUT2D eigenvalue weighted by atomic mass is 19.3. The number of nitrogens with zero attached hydrogens (tertiary/aromatic N) is 1. The van der Waals surface area contributed by atoms with Crippen molar-refractivity contribution in [3.05, 3.63) is 78.4 Å². The summed E-state index contributed by atoms with van der Waals surface area (Å²) in [5.74, 6) is -2.51. The fourth-order valence-electron chi connectivity index (χ4n) is 6.66. The van der Waals surface area contributed by atoms with Gasteiger partial charge in [0.05, 0.1) is 84.7 Å². The lowest BCUT2D eigenvalue weighted by atomic mass is 10.2. The Bertz CT molecular complexity index is 2410. The number of ether oxygens (including phenoxy) is 24. The molecular formula is C59H81F2NO31. The third-order valence-corrected chi connectivity index (χ3v) is 11.3. The number of nitriles is 1. The van der Waals surface area contributed by atoms with Gasteiger partial charge in [-0.05, 0) is 31.5 Å². The van der Waals surface area contributed by atoms with Crippen molar-refractivity contribution in [2.45, 2.75) is 82.1 Å². The van der Waals surface area contributed by atoms with E-state index in [-0.39, 0.29) is 150 Å². The average molecular weight is 1340 g/mol. The van der Waals surface area contributed by atoms with Crippen molar-refractivity contribution in [2.24, 2.45) is 0 Å². The Morgan fingerprint density at radius 2 is 0.817 bits per heavy atom. The van der Waals surface area contributed by atoms with Gasteiger partial charge in [-0.3, -0.25) is 0 Å². The molecule has 7 atom stereocenters. The topological polar surface area (TPSA) is 365 Å². The fourth-order valence-corrected chi connectivity index (χ4v) is 6.66. The van der Waals surface area contributed by atoms with Crippen LogP contribution in [0.15, 0.2) is 72.8 Å². The van der Waals surface area contributed by atoms with Gasteiger partial charge in [-0.1, -0.05) is 48.5 Å². The van der Waals surface area contributed by atoms with Crippen molar-refractivity contribution in [1.29, 1.82) is 5.26 Å². The van der Waals surface area contributed by atoms with Crippen molar-refractivity contribution in [3.63, 3.8) is 0 Å². The maximum absolute atomic E-state index is 11.5. The molecule has 0 radical (unpaired) electrons. The molecule has 7 heterocycles. The molecular weight excluding hydrogens is 1260 g/mol. The molecule has 9 rings (SSSR count). The van der Waals surface area contributed by atoms with E-state index >= 15 is 0 Å². The monoisotopic (exact) mass is 1340 g/mol. The molecule has 2 aromatic rings. The summed E-state index contributed by atoms with van der Waals surface area (Å²) in [5.41, 5.74) is 0.963. The minimum Gasteiger partial charge on any atom is -0.464 e. The van der Waals surface area contributed by atoms with Crippen LogP contribution in [-0.4, -0.2) is 251 Å². The van der Waals surface area contributed by atoms with Gasteiger partial charge in [0.25, 0.3) is 6.08 Å². The number of hydrogen-bond acceptors (Lipinski definition) is 32. The van der Waals surface area contributed by atoms with Crippen LogP contribution < -0.4 is 4.74 Å². The van der Waals surface area contributed by atoms with E-state index in [2.05, 4.69) is 4.74 Å². The van der Waals surface area contributed by atoms with Gasteiger partial charge in [-0.2, -0.15) is 14.0 Å². The van der Waals surface area contributed by atoms with Crippen LogP contribution in [0.2, 0.25) is 0 Å². The highest BCUT2D eigenvalue weighted by Gasteiger charge is 2.31. The molecule has 0 spiro atoms. The molecule has 7 aliphatic heterocycles. The summed E-state index contributed by atoms with van der Waals surface area (Å²) in [6.07, 6.45) is -4.50. The third kappa shape index (κ3) is 38.2. The van der Waals surface area contributed by atoms with Gasteiger partial charge in [0.15, 0.2) is 42.7 Å². The molecule has 93 heavy (non-hydrogen) atoms. The van der Waals surface area contributed by atoms with E-state index in [1.54, 1.807) is 38.5 Å². The minimum absolute atomic E-state index is 0.0348. The number of carbonyl (C=O) groups excluding carboxylic acids is 7. The van der Waals surface area contributed by atoms with Crippen molar-refractivity contribution < 1.29 is 156 Å². The Balaban J connectivity index is 0.000000283. The normalized spacial score (nSPS) is 21.3. The second-order valence-electron chi connectivity index (χ2n) is 18.8. The van der Waals surface area contributed by atoms with Crippen molar-refractivity contribution in [2.75, 3.05) is 161 Å². The highest BCUT2D eigenvalue weighted by Crippen LogP contribution is 2.14. The van der Waals surface area contributed by atoms with Crippen LogP contribution in [0.3, 0.4) is 0 Å². The van der Waals surface area contributed by atoms with E-state index in [0.29, 0.717) is 51.3 Å². The van der Waals surface area contributed by atoms with Gasteiger partial charge in [-0.25, -0.2) is 33.6 Å². The van der Waals surface area contributed by atoms with Crippen LogP contribution in [0.4, 0.5) is 8.78 Å². The molecule has 7 aliphatic rings. The van der Waals surface area contributed by atoms with Gasteiger partial charge >= 0.3 is 41.8 Å². The molecule has 2 aromatic carbocycles. The number of rotatable bonds is 25. The SMILES string of the molecule is CC(C)OCCOC(=O)C1COCO1.COCCCOC(=O)C1COCO1.COCCOC(=O)C1COCO1.N#CCCOC(=O)C1COCO1.O=C(OCC=C(F)F)C1COCO1.O=C(OCc1ccccc1)C1COCO1.O=C(Oc1ccccc1)C1COCO1. The van der Waals surface area contributed by atoms with Gasteiger partial charge < -0.3 is 114 Å². The predicted molar refractivity (Wildman–Crippen MR) is 303 cm³/mol. The molecule has 7 saturated heterocycles. The van der Waals surface area contributed by atoms with Gasteiger partial charge in [0.2, 0.25) is 0 Å². The number of para-hydroxylation sites is 1. The highest BCUT2D eigenvalue weighted by molar-refractivity contribution is 5.78. The smallest absolute Gasteiger partial charge is 0.343 e. The summed E-state index contributed by atoms with van der Waals surface area (Å²) in [6.45, 7) is 8.89. The molecule has 0 aliphatic carbocycles. The Morgan fingerprint density at radius 3 is 1.18 bits per heavy atom. The third-order valence-electron chi connectivity index (χ3n) is 11.3. The van der Waals surface area contributed by atoms with E-state index < -0.39 is 73.3 Å². The quantitative estimate of drug-likeness (QED) is 0.0596. The van der Waals surface area contributed by atoms with Crippen LogP contribution >= 0.6 is 0 Å². The minimum atomic E-state index is -1.88. The second kappa shape index (κ2) is 51.5. The van der Waals surface area contributed by atoms with Crippen LogP contribution in [-0.2, 0) is 149 Å². The molecule has 34 heteroatoms. The molecule has 0 N–H and O–H groups in total. The molecule has 0 aromatic heterocycles. The zero-order chi connectivity index (χ0) is 67.5. The molecule has 7 fully saturated rings. The van der Waals surface area contributed by atoms with Crippen molar-refractivity contribution in [3.8, 4) is 11.8 Å². The number of halogens is 2. The first-order valence-corrected chi connectivity index (χ1v) is 28.8. The summed E-state index contributed by atoms with van der Waals surface area (Å²) in [5, 5.41) is 8.15. The summed E-state index contributed by atoms with van der Waals surface area (Å²) in [7, 11) is 3.15. The summed E-state index contributed by atoms with van der Waals surface area (Å²) < 4.78 is 140. The molecule has 0 bridgehead atoms. The van der Waals surface area contributed by atoms with Gasteiger partial charge in [0.1, 0.15) is 86.3 Å². The van der Waals surface area contributed by atoms with Gasteiger partial charge in [0, 0.05) is 33.3 Å². The number of esters is 7. The second-order valence-corrected chi connectivity index (χ2v) is 18.8.